The Hall–Kier alpha value is -8.20. The van der Waals surface area contributed by atoms with Gasteiger partial charge in [-0.1, -0.05) is 146 Å². The van der Waals surface area contributed by atoms with Crippen LogP contribution in [0.25, 0.3) is 143 Å². The number of fused-ring (bicyclic) bond motifs is 20. The highest BCUT2D eigenvalue weighted by atomic mass is 16.3. The second-order valence-corrected chi connectivity index (χ2v) is 16.7. The fourth-order valence-electron chi connectivity index (χ4n) is 10.5. The predicted octanol–water partition coefficient (Wildman–Crippen LogP) is 17.3. The summed E-state index contributed by atoms with van der Waals surface area (Å²) in [6.07, 6.45) is 0. The molecule has 2 nitrogen and oxygen atoms in total. The molecule has 1 aliphatic rings. The third-order valence-electron chi connectivity index (χ3n) is 13.4. The summed E-state index contributed by atoms with van der Waals surface area (Å²) in [5.74, 6) is 0. The Morgan fingerprint density at radius 3 is 0.968 bits per heavy atom. The first-order valence-electron chi connectivity index (χ1n) is 21.3. The summed E-state index contributed by atoms with van der Waals surface area (Å²) in [5.41, 5.74) is 18.0. The van der Waals surface area contributed by atoms with Gasteiger partial charge >= 0.3 is 0 Å². The first-order valence-corrected chi connectivity index (χ1v) is 21.3. The molecule has 0 amide bonds. The van der Waals surface area contributed by atoms with Crippen molar-refractivity contribution in [2.75, 3.05) is 0 Å². The largest absolute Gasteiger partial charge is 0.456 e. The van der Waals surface area contributed by atoms with Gasteiger partial charge < -0.3 is 8.83 Å². The molecule has 1 aliphatic carbocycles. The van der Waals surface area contributed by atoms with Crippen LogP contribution in [0.4, 0.5) is 0 Å². The van der Waals surface area contributed by atoms with Gasteiger partial charge in [0, 0.05) is 21.5 Å². The lowest BCUT2D eigenvalue weighted by Crippen LogP contribution is -1.99. The Labute approximate surface area is 356 Å². The van der Waals surface area contributed by atoms with E-state index in [0.29, 0.717) is 0 Å². The monoisotopic (exact) mass is 786 g/mol. The zero-order chi connectivity index (χ0) is 40.5. The maximum atomic E-state index is 6.27. The van der Waals surface area contributed by atoms with Gasteiger partial charge in [0.2, 0.25) is 0 Å². The minimum atomic E-state index is 0.899. The Morgan fingerprint density at radius 1 is 0.177 bits per heavy atom. The molecule has 2 heterocycles. The maximum absolute atomic E-state index is 6.27. The third kappa shape index (κ3) is 4.80. The van der Waals surface area contributed by atoms with Crippen LogP contribution in [0.3, 0.4) is 0 Å². The van der Waals surface area contributed by atoms with E-state index in [1.54, 1.807) is 0 Å². The van der Waals surface area contributed by atoms with Gasteiger partial charge in [-0.05, 0) is 160 Å². The van der Waals surface area contributed by atoms with E-state index in [2.05, 4.69) is 182 Å². The van der Waals surface area contributed by atoms with Gasteiger partial charge in [0.15, 0.2) is 0 Å². The van der Waals surface area contributed by atoms with Crippen LogP contribution < -0.4 is 0 Å². The van der Waals surface area contributed by atoms with Crippen LogP contribution in [-0.2, 0) is 0 Å². The molecule has 11 aromatic carbocycles. The fraction of sp³-hybridized carbons (Fsp3) is 0. The van der Waals surface area contributed by atoms with Crippen molar-refractivity contribution in [1.82, 2.24) is 0 Å². The van der Waals surface area contributed by atoms with E-state index in [1.165, 1.54) is 76.8 Å². The number of hydrogen-bond acceptors (Lipinski definition) is 2. The zero-order valence-corrected chi connectivity index (χ0v) is 33.4. The van der Waals surface area contributed by atoms with Crippen molar-refractivity contribution < 1.29 is 8.83 Å². The molecule has 0 radical (unpaired) electrons. The number of hydrogen-bond donors (Lipinski definition) is 0. The molecule has 0 saturated carbocycles. The van der Waals surface area contributed by atoms with Crippen molar-refractivity contribution in [3.05, 3.63) is 206 Å². The van der Waals surface area contributed by atoms with E-state index in [0.717, 1.165) is 66.1 Å². The third-order valence-corrected chi connectivity index (χ3v) is 13.4. The van der Waals surface area contributed by atoms with Crippen molar-refractivity contribution in [3.8, 4) is 66.8 Å². The average molecular weight is 787 g/mol. The van der Waals surface area contributed by atoms with E-state index in [4.69, 9.17) is 8.83 Å². The zero-order valence-electron chi connectivity index (χ0n) is 33.4. The van der Waals surface area contributed by atoms with Crippen LogP contribution >= 0.6 is 0 Å². The molecule has 2 heteroatoms. The van der Waals surface area contributed by atoms with E-state index in [-0.39, 0.29) is 0 Å². The lowest BCUT2D eigenvalue weighted by atomic mass is 9.78. The quantitative estimate of drug-likeness (QED) is 0.163. The summed E-state index contributed by atoms with van der Waals surface area (Å²) < 4.78 is 12.5. The Kier molecular flexibility index (Phi) is 6.86. The lowest BCUT2D eigenvalue weighted by Gasteiger charge is -2.25. The molecule has 0 N–H and O–H groups in total. The molecule has 0 aliphatic heterocycles. The van der Waals surface area contributed by atoms with Crippen LogP contribution in [0.15, 0.2) is 215 Å². The van der Waals surface area contributed by atoms with E-state index in [1.807, 2.05) is 24.3 Å². The molecular formula is C60H34O2. The SMILES string of the molecule is c1ccc2c(c1)-c1ccc(-c3ccc4oc5ccccc5c4c3)cc1-c1cc(-c3ccc4oc5ccccc5c4c3)ccc1-c1cc3c4ccccc4c4ccccc4c3cc1-2. The summed E-state index contributed by atoms with van der Waals surface area (Å²) in [6, 6.07) is 75.7. The molecule has 62 heavy (non-hydrogen) atoms. The van der Waals surface area contributed by atoms with Crippen LogP contribution in [0.1, 0.15) is 0 Å². The second kappa shape index (κ2) is 12.7. The minimum Gasteiger partial charge on any atom is -0.456 e. The van der Waals surface area contributed by atoms with Crippen molar-refractivity contribution >= 4 is 76.2 Å². The summed E-state index contributed by atoms with van der Waals surface area (Å²) in [4.78, 5) is 0. The van der Waals surface area contributed by atoms with Crippen molar-refractivity contribution in [3.63, 3.8) is 0 Å². The summed E-state index contributed by atoms with van der Waals surface area (Å²) >= 11 is 0. The molecule has 0 spiro atoms. The Bertz CT molecular complexity index is 4050. The number of para-hydroxylation sites is 2. The van der Waals surface area contributed by atoms with Crippen LogP contribution in [-0.4, -0.2) is 0 Å². The van der Waals surface area contributed by atoms with Gasteiger partial charge in [-0.15, -0.1) is 0 Å². The highest BCUT2D eigenvalue weighted by Crippen LogP contribution is 2.52. The van der Waals surface area contributed by atoms with Crippen LogP contribution in [0, 0.1) is 0 Å². The van der Waals surface area contributed by atoms with Gasteiger partial charge in [0.25, 0.3) is 0 Å². The average Bonchev–Trinajstić information content (AvgIpc) is 3.91. The summed E-state index contributed by atoms with van der Waals surface area (Å²) in [5, 5.41) is 12.1. The minimum absolute atomic E-state index is 0.899. The van der Waals surface area contributed by atoms with Gasteiger partial charge in [0.1, 0.15) is 22.3 Å². The first-order chi connectivity index (χ1) is 30.7. The molecule has 0 unspecified atom stereocenters. The van der Waals surface area contributed by atoms with E-state index in [9.17, 15) is 0 Å². The van der Waals surface area contributed by atoms with Crippen LogP contribution in [0.5, 0.6) is 0 Å². The standard InChI is InChI=1S/C60H34O2/c1-4-14-42-39(11-1)40-12-2-5-15-43(40)52-34-54-46-26-22-36(38-24-28-60-56(32-38)48-18-8-10-20-58(48)62-60)30-50(46)49-29-35(37-23-27-59-55(31-37)47-17-7-9-19-57(47)61-59)21-25-45(49)41-13-3-6-16-44(41)53(54)33-51(42)52/h1-34H. The molecule has 0 atom stereocenters. The Balaban J connectivity index is 1.08. The smallest absolute Gasteiger partial charge is 0.135 e. The van der Waals surface area contributed by atoms with Crippen molar-refractivity contribution in [1.29, 1.82) is 0 Å². The summed E-state index contributed by atoms with van der Waals surface area (Å²) in [6.45, 7) is 0. The Morgan fingerprint density at radius 2 is 0.484 bits per heavy atom. The van der Waals surface area contributed by atoms with Crippen molar-refractivity contribution in [2.45, 2.75) is 0 Å². The highest BCUT2D eigenvalue weighted by Gasteiger charge is 2.25. The highest BCUT2D eigenvalue weighted by molar-refractivity contribution is 6.27. The second-order valence-electron chi connectivity index (χ2n) is 16.7. The first kappa shape index (κ1) is 33.6. The van der Waals surface area contributed by atoms with Gasteiger partial charge in [0.05, 0.1) is 0 Å². The fourth-order valence-corrected chi connectivity index (χ4v) is 10.5. The van der Waals surface area contributed by atoms with Crippen LogP contribution in [0.2, 0.25) is 0 Å². The molecule has 13 aromatic rings. The van der Waals surface area contributed by atoms with Crippen molar-refractivity contribution in [2.24, 2.45) is 0 Å². The van der Waals surface area contributed by atoms with Gasteiger partial charge in [-0.2, -0.15) is 0 Å². The molecule has 14 rings (SSSR count). The molecular weight excluding hydrogens is 753 g/mol. The van der Waals surface area contributed by atoms with E-state index < -0.39 is 0 Å². The molecule has 2 aromatic heterocycles. The normalized spacial score (nSPS) is 12.2. The number of furan rings is 2. The predicted molar refractivity (Wildman–Crippen MR) is 260 cm³/mol. The number of rotatable bonds is 2. The molecule has 0 bridgehead atoms. The van der Waals surface area contributed by atoms with E-state index >= 15 is 0 Å². The maximum Gasteiger partial charge on any atom is 0.135 e. The lowest BCUT2D eigenvalue weighted by molar-refractivity contribution is 0.668. The topological polar surface area (TPSA) is 26.3 Å². The summed E-state index contributed by atoms with van der Waals surface area (Å²) in [7, 11) is 0. The molecule has 0 fully saturated rings. The number of benzene rings is 11. The van der Waals surface area contributed by atoms with Gasteiger partial charge in [-0.25, -0.2) is 0 Å². The molecule has 0 saturated heterocycles. The van der Waals surface area contributed by atoms with Gasteiger partial charge in [-0.3, -0.25) is 0 Å². The molecule has 286 valence electrons.